The Morgan fingerprint density at radius 3 is 3.12 bits per heavy atom. The molecule has 1 fully saturated rings. The molecule has 0 saturated carbocycles. The SMILES string of the molecule is CC(C)C1CCSC(=NCc2cccs2)N1. The molecule has 1 aromatic heterocycles. The second-order valence-electron chi connectivity index (χ2n) is 4.33. The average Bonchev–Trinajstić information content (AvgIpc) is 2.79. The molecule has 4 heteroatoms. The average molecular weight is 254 g/mol. The number of amidine groups is 1. The summed E-state index contributed by atoms with van der Waals surface area (Å²) in [6.45, 7) is 5.35. The third kappa shape index (κ3) is 3.25. The first-order valence-electron chi connectivity index (χ1n) is 5.72. The smallest absolute Gasteiger partial charge is 0.157 e. The molecule has 2 nitrogen and oxygen atoms in total. The third-order valence-corrected chi connectivity index (χ3v) is 4.56. The summed E-state index contributed by atoms with van der Waals surface area (Å²) >= 11 is 3.62. The van der Waals surface area contributed by atoms with Gasteiger partial charge in [0.2, 0.25) is 0 Å². The molecular weight excluding hydrogens is 236 g/mol. The van der Waals surface area contributed by atoms with Crippen LogP contribution < -0.4 is 5.32 Å². The lowest BCUT2D eigenvalue weighted by molar-refractivity contribution is 0.442. The van der Waals surface area contributed by atoms with Crippen molar-refractivity contribution >= 4 is 28.3 Å². The van der Waals surface area contributed by atoms with Crippen LogP contribution in [0.15, 0.2) is 22.5 Å². The molecule has 0 bridgehead atoms. The Kier molecular flexibility index (Phi) is 4.29. The van der Waals surface area contributed by atoms with Crippen LogP contribution in [-0.4, -0.2) is 17.0 Å². The Hall–Kier alpha value is -0.480. The number of nitrogens with zero attached hydrogens (tertiary/aromatic N) is 1. The quantitative estimate of drug-likeness (QED) is 0.894. The van der Waals surface area contributed by atoms with Crippen LogP contribution in [-0.2, 0) is 6.54 Å². The van der Waals surface area contributed by atoms with Gasteiger partial charge in [0.05, 0.1) is 6.54 Å². The second-order valence-corrected chi connectivity index (χ2v) is 6.45. The minimum atomic E-state index is 0.600. The third-order valence-electron chi connectivity index (χ3n) is 2.74. The minimum absolute atomic E-state index is 0.600. The molecule has 1 aliphatic rings. The lowest BCUT2D eigenvalue weighted by Gasteiger charge is -2.28. The predicted octanol–water partition coefficient (Wildman–Crippen LogP) is 3.36. The molecule has 0 aliphatic carbocycles. The standard InChI is InChI=1S/C12H18N2S2/c1-9(2)11-5-7-16-12(14-11)13-8-10-4-3-6-15-10/h3-4,6,9,11H,5,7-8H2,1-2H3,(H,13,14). The van der Waals surface area contributed by atoms with E-state index in [0.29, 0.717) is 12.0 Å². The van der Waals surface area contributed by atoms with Gasteiger partial charge in [-0.2, -0.15) is 0 Å². The highest BCUT2D eigenvalue weighted by Gasteiger charge is 2.19. The van der Waals surface area contributed by atoms with Crippen molar-refractivity contribution in [1.29, 1.82) is 0 Å². The van der Waals surface area contributed by atoms with Crippen molar-refractivity contribution in [3.8, 4) is 0 Å². The van der Waals surface area contributed by atoms with Crippen LogP contribution in [0, 0.1) is 5.92 Å². The Morgan fingerprint density at radius 1 is 1.56 bits per heavy atom. The number of hydrogen-bond acceptors (Lipinski definition) is 3. The van der Waals surface area contributed by atoms with E-state index in [1.807, 2.05) is 11.8 Å². The highest BCUT2D eigenvalue weighted by molar-refractivity contribution is 8.13. The fourth-order valence-corrected chi connectivity index (χ4v) is 3.28. The molecule has 0 amide bonds. The van der Waals surface area contributed by atoms with E-state index >= 15 is 0 Å². The number of thioether (sulfide) groups is 1. The van der Waals surface area contributed by atoms with Gasteiger partial charge >= 0.3 is 0 Å². The Labute approximate surface area is 106 Å². The molecule has 1 saturated heterocycles. The molecule has 2 rings (SSSR count). The number of nitrogens with one attached hydrogen (secondary N) is 1. The Bertz CT molecular complexity index is 344. The number of aliphatic imine (C=N–C) groups is 1. The molecule has 0 aromatic carbocycles. The first-order valence-corrected chi connectivity index (χ1v) is 7.58. The van der Waals surface area contributed by atoms with E-state index in [4.69, 9.17) is 0 Å². The first kappa shape index (κ1) is 12.0. The van der Waals surface area contributed by atoms with Crippen LogP contribution in [0.2, 0.25) is 0 Å². The van der Waals surface area contributed by atoms with Crippen LogP contribution >= 0.6 is 23.1 Å². The van der Waals surface area contributed by atoms with Crippen molar-refractivity contribution in [2.75, 3.05) is 5.75 Å². The summed E-state index contributed by atoms with van der Waals surface area (Å²) in [5, 5.41) is 6.76. The van der Waals surface area contributed by atoms with Crippen LogP contribution in [0.4, 0.5) is 0 Å². The number of rotatable bonds is 3. The van der Waals surface area contributed by atoms with E-state index in [1.165, 1.54) is 17.1 Å². The minimum Gasteiger partial charge on any atom is -0.362 e. The zero-order valence-corrected chi connectivity index (χ0v) is 11.4. The summed E-state index contributed by atoms with van der Waals surface area (Å²) < 4.78 is 0. The molecule has 88 valence electrons. The normalized spacial score (nSPS) is 23.7. The van der Waals surface area contributed by atoms with Gasteiger partial charge in [0, 0.05) is 16.7 Å². The lowest BCUT2D eigenvalue weighted by atomic mass is 10.0. The second kappa shape index (κ2) is 5.73. The molecule has 1 aromatic rings. The van der Waals surface area contributed by atoms with Crippen molar-refractivity contribution in [1.82, 2.24) is 5.32 Å². The van der Waals surface area contributed by atoms with Crippen LogP contribution in [0.25, 0.3) is 0 Å². The molecule has 1 atom stereocenters. The van der Waals surface area contributed by atoms with Gasteiger partial charge in [-0.25, -0.2) is 0 Å². The van der Waals surface area contributed by atoms with E-state index in [9.17, 15) is 0 Å². The summed E-state index contributed by atoms with van der Waals surface area (Å²) in [6, 6.07) is 4.82. The fourth-order valence-electron chi connectivity index (χ4n) is 1.70. The molecule has 1 unspecified atom stereocenters. The fraction of sp³-hybridized carbons (Fsp3) is 0.583. The molecule has 16 heavy (non-hydrogen) atoms. The van der Waals surface area contributed by atoms with Gasteiger partial charge in [-0.1, -0.05) is 31.7 Å². The number of hydrogen-bond donors (Lipinski definition) is 1. The Balaban J connectivity index is 1.91. The largest absolute Gasteiger partial charge is 0.362 e. The summed E-state index contributed by atoms with van der Waals surface area (Å²) in [7, 11) is 0. The lowest BCUT2D eigenvalue weighted by Crippen LogP contribution is -2.41. The van der Waals surface area contributed by atoms with Crippen molar-refractivity contribution < 1.29 is 0 Å². The number of thiophene rings is 1. The van der Waals surface area contributed by atoms with Gasteiger partial charge in [-0.05, 0) is 23.8 Å². The maximum absolute atomic E-state index is 4.64. The van der Waals surface area contributed by atoms with Gasteiger partial charge in [0.15, 0.2) is 5.17 Å². The van der Waals surface area contributed by atoms with Crippen LogP contribution in [0.3, 0.4) is 0 Å². The molecule has 2 heterocycles. The molecule has 0 radical (unpaired) electrons. The first-order chi connectivity index (χ1) is 7.75. The predicted molar refractivity (Wildman–Crippen MR) is 74.3 cm³/mol. The Morgan fingerprint density at radius 2 is 2.44 bits per heavy atom. The van der Waals surface area contributed by atoms with Crippen molar-refractivity contribution in [2.24, 2.45) is 10.9 Å². The van der Waals surface area contributed by atoms with E-state index < -0.39 is 0 Å². The van der Waals surface area contributed by atoms with Gasteiger partial charge in [0.1, 0.15) is 0 Å². The van der Waals surface area contributed by atoms with E-state index in [2.05, 4.69) is 41.7 Å². The molecule has 0 spiro atoms. The maximum atomic E-state index is 4.64. The van der Waals surface area contributed by atoms with Gasteiger partial charge in [0.25, 0.3) is 0 Å². The molecular formula is C12H18N2S2. The monoisotopic (exact) mass is 254 g/mol. The summed E-state index contributed by atoms with van der Waals surface area (Å²) in [4.78, 5) is 5.97. The van der Waals surface area contributed by atoms with Crippen LogP contribution in [0.5, 0.6) is 0 Å². The zero-order chi connectivity index (χ0) is 11.4. The topological polar surface area (TPSA) is 24.4 Å². The van der Waals surface area contributed by atoms with Crippen molar-refractivity contribution in [3.05, 3.63) is 22.4 Å². The van der Waals surface area contributed by atoms with E-state index in [-0.39, 0.29) is 0 Å². The highest BCUT2D eigenvalue weighted by Crippen LogP contribution is 2.19. The van der Waals surface area contributed by atoms with Gasteiger partial charge in [-0.3, -0.25) is 4.99 Å². The summed E-state index contributed by atoms with van der Waals surface area (Å²) in [6.07, 6.45) is 1.25. The maximum Gasteiger partial charge on any atom is 0.157 e. The van der Waals surface area contributed by atoms with Crippen molar-refractivity contribution in [3.63, 3.8) is 0 Å². The summed E-state index contributed by atoms with van der Waals surface area (Å²) in [5.41, 5.74) is 0. The summed E-state index contributed by atoms with van der Waals surface area (Å²) in [5.74, 6) is 1.88. The zero-order valence-electron chi connectivity index (χ0n) is 9.77. The molecule has 1 N–H and O–H groups in total. The highest BCUT2D eigenvalue weighted by atomic mass is 32.2. The van der Waals surface area contributed by atoms with E-state index in [1.54, 1.807) is 11.3 Å². The van der Waals surface area contributed by atoms with Gasteiger partial charge < -0.3 is 5.32 Å². The van der Waals surface area contributed by atoms with Gasteiger partial charge in [-0.15, -0.1) is 11.3 Å². The van der Waals surface area contributed by atoms with E-state index in [0.717, 1.165) is 11.7 Å². The van der Waals surface area contributed by atoms with Crippen LogP contribution in [0.1, 0.15) is 25.1 Å². The molecule has 1 aliphatic heterocycles. The van der Waals surface area contributed by atoms with Crippen molar-refractivity contribution in [2.45, 2.75) is 32.9 Å².